The highest BCUT2D eigenvalue weighted by Gasteiger charge is 2.30. The minimum absolute atomic E-state index is 0.274. The molecule has 0 spiro atoms. The lowest BCUT2D eigenvalue weighted by molar-refractivity contribution is 0.0336. The molecule has 0 bridgehead atoms. The first-order chi connectivity index (χ1) is 9.29. The van der Waals surface area contributed by atoms with E-state index >= 15 is 0 Å². The Kier molecular flexibility index (Phi) is 3.54. The smallest absolute Gasteiger partial charge is 0.0774 e. The standard InChI is InChI=1S/C17H21NO/c1-12-10-11-16(19-12)17(18-2)15-9-5-7-13-6-3-4-8-14(13)15/h3-9,12,16-18H,10-11H2,1-2H3. The average molecular weight is 255 g/mol. The van der Waals surface area contributed by atoms with E-state index in [0.29, 0.717) is 6.10 Å². The van der Waals surface area contributed by atoms with Gasteiger partial charge >= 0.3 is 0 Å². The molecule has 0 aromatic heterocycles. The van der Waals surface area contributed by atoms with Crippen LogP contribution in [0.25, 0.3) is 10.8 Å². The summed E-state index contributed by atoms with van der Waals surface area (Å²) < 4.78 is 6.06. The predicted octanol–water partition coefficient (Wildman–Crippen LogP) is 3.67. The van der Waals surface area contributed by atoms with Crippen molar-refractivity contribution in [2.45, 2.75) is 38.0 Å². The SMILES string of the molecule is CNC(c1cccc2ccccc12)C1CCC(C)O1. The van der Waals surface area contributed by atoms with Crippen molar-refractivity contribution in [3.8, 4) is 0 Å². The first-order valence-corrected chi connectivity index (χ1v) is 7.10. The van der Waals surface area contributed by atoms with Crippen molar-refractivity contribution in [3.05, 3.63) is 48.0 Å². The van der Waals surface area contributed by atoms with Gasteiger partial charge in [-0.15, -0.1) is 0 Å². The fraction of sp³-hybridized carbons (Fsp3) is 0.412. The van der Waals surface area contributed by atoms with Crippen molar-refractivity contribution < 1.29 is 4.74 Å². The molecule has 1 heterocycles. The van der Waals surface area contributed by atoms with Crippen molar-refractivity contribution in [2.75, 3.05) is 7.05 Å². The van der Waals surface area contributed by atoms with Crippen LogP contribution >= 0.6 is 0 Å². The number of likely N-dealkylation sites (N-methyl/N-ethyl adjacent to an activating group) is 1. The predicted molar refractivity (Wildman–Crippen MR) is 79.3 cm³/mol. The van der Waals surface area contributed by atoms with E-state index in [-0.39, 0.29) is 12.1 Å². The molecule has 3 rings (SSSR count). The summed E-state index contributed by atoms with van der Waals surface area (Å²) in [6.45, 7) is 2.16. The summed E-state index contributed by atoms with van der Waals surface area (Å²) in [5.74, 6) is 0. The van der Waals surface area contributed by atoms with Crippen molar-refractivity contribution >= 4 is 10.8 Å². The summed E-state index contributed by atoms with van der Waals surface area (Å²) in [5, 5.41) is 6.07. The quantitative estimate of drug-likeness (QED) is 0.903. The van der Waals surface area contributed by atoms with Crippen LogP contribution in [-0.4, -0.2) is 19.3 Å². The van der Waals surface area contributed by atoms with Crippen LogP contribution in [0.15, 0.2) is 42.5 Å². The Hall–Kier alpha value is -1.38. The van der Waals surface area contributed by atoms with Crippen LogP contribution in [0, 0.1) is 0 Å². The summed E-state index contributed by atoms with van der Waals surface area (Å²) in [5.41, 5.74) is 1.35. The van der Waals surface area contributed by atoms with Crippen LogP contribution in [0.2, 0.25) is 0 Å². The van der Waals surface area contributed by atoms with Crippen molar-refractivity contribution in [2.24, 2.45) is 0 Å². The number of hydrogen-bond acceptors (Lipinski definition) is 2. The summed E-state index contributed by atoms with van der Waals surface area (Å²) in [4.78, 5) is 0. The lowest BCUT2D eigenvalue weighted by Gasteiger charge is -2.25. The Morgan fingerprint density at radius 3 is 2.63 bits per heavy atom. The Morgan fingerprint density at radius 1 is 1.11 bits per heavy atom. The number of fused-ring (bicyclic) bond motifs is 1. The molecule has 3 unspecified atom stereocenters. The highest BCUT2D eigenvalue weighted by atomic mass is 16.5. The van der Waals surface area contributed by atoms with E-state index in [0.717, 1.165) is 12.8 Å². The van der Waals surface area contributed by atoms with E-state index in [1.54, 1.807) is 0 Å². The molecule has 2 aromatic carbocycles. The van der Waals surface area contributed by atoms with Gasteiger partial charge in [-0.1, -0.05) is 42.5 Å². The molecule has 2 nitrogen and oxygen atoms in total. The van der Waals surface area contributed by atoms with Gasteiger partial charge < -0.3 is 10.1 Å². The van der Waals surface area contributed by atoms with Gasteiger partial charge in [-0.25, -0.2) is 0 Å². The van der Waals surface area contributed by atoms with Gasteiger partial charge in [-0.3, -0.25) is 0 Å². The van der Waals surface area contributed by atoms with E-state index in [1.165, 1.54) is 16.3 Å². The summed E-state index contributed by atoms with van der Waals surface area (Å²) in [7, 11) is 2.03. The minimum Gasteiger partial charge on any atom is -0.373 e. The van der Waals surface area contributed by atoms with Crippen molar-refractivity contribution in [3.63, 3.8) is 0 Å². The first-order valence-electron chi connectivity index (χ1n) is 7.10. The van der Waals surface area contributed by atoms with Gasteiger partial charge in [0, 0.05) is 0 Å². The molecule has 0 aliphatic carbocycles. The Bertz CT molecular complexity index is 561. The molecule has 1 aliphatic rings. The molecule has 2 heteroatoms. The molecule has 1 saturated heterocycles. The molecule has 3 atom stereocenters. The van der Waals surface area contributed by atoms with Gasteiger partial charge in [0.15, 0.2) is 0 Å². The normalized spacial score (nSPS) is 24.7. The third kappa shape index (κ3) is 2.38. The zero-order valence-electron chi connectivity index (χ0n) is 11.6. The second-order valence-electron chi connectivity index (χ2n) is 5.40. The minimum atomic E-state index is 0.274. The van der Waals surface area contributed by atoms with Crippen LogP contribution in [0.3, 0.4) is 0 Å². The Labute approximate surface area is 114 Å². The maximum absolute atomic E-state index is 6.06. The summed E-state index contributed by atoms with van der Waals surface area (Å²) >= 11 is 0. The lowest BCUT2D eigenvalue weighted by Crippen LogP contribution is -2.29. The van der Waals surface area contributed by atoms with Crippen molar-refractivity contribution in [1.29, 1.82) is 0 Å². The molecule has 1 fully saturated rings. The van der Waals surface area contributed by atoms with Crippen LogP contribution in [0.1, 0.15) is 31.4 Å². The van der Waals surface area contributed by atoms with Gasteiger partial charge in [-0.2, -0.15) is 0 Å². The highest BCUT2D eigenvalue weighted by molar-refractivity contribution is 5.86. The Morgan fingerprint density at radius 2 is 1.89 bits per heavy atom. The fourth-order valence-corrected chi connectivity index (χ4v) is 3.14. The molecule has 19 heavy (non-hydrogen) atoms. The number of hydrogen-bond donors (Lipinski definition) is 1. The second-order valence-corrected chi connectivity index (χ2v) is 5.40. The van der Waals surface area contributed by atoms with Crippen LogP contribution in [-0.2, 0) is 4.74 Å². The van der Waals surface area contributed by atoms with Gasteiger partial charge in [0.1, 0.15) is 0 Å². The molecule has 0 saturated carbocycles. The molecular formula is C17H21NO. The van der Waals surface area contributed by atoms with E-state index in [9.17, 15) is 0 Å². The maximum Gasteiger partial charge on any atom is 0.0774 e. The van der Waals surface area contributed by atoms with Gasteiger partial charge in [0.05, 0.1) is 18.2 Å². The molecule has 0 radical (unpaired) electrons. The molecule has 0 amide bonds. The largest absolute Gasteiger partial charge is 0.373 e. The molecular weight excluding hydrogens is 234 g/mol. The highest BCUT2D eigenvalue weighted by Crippen LogP contribution is 2.33. The lowest BCUT2D eigenvalue weighted by atomic mass is 9.94. The van der Waals surface area contributed by atoms with E-state index in [1.807, 2.05) is 7.05 Å². The van der Waals surface area contributed by atoms with Crippen LogP contribution in [0.5, 0.6) is 0 Å². The third-order valence-corrected chi connectivity index (χ3v) is 4.11. The summed E-state index contributed by atoms with van der Waals surface area (Å²) in [6.07, 6.45) is 2.96. The van der Waals surface area contributed by atoms with Gasteiger partial charge in [0.25, 0.3) is 0 Å². The van der Waals surface area contributed by atoms with E-state index < -0.39 is 0 Å². The number of rotatable bonds is 3. The third-order valence-electron chi connectivity index (χ3n) is 4.11. The average Bonchev–Trinajstić information content (AvgIpc) is 2.86. The topological polar surface area (TPSA) is 21.3 Å². The molecule has 100 valence electrons. The maximum atomic E-state index is 6.06. The van der Waals surface area contributed by atoms with E-state index in [2.05, 4.69) is 54.7 Å². The number of ether oxygens (including phenoxy) is 1. The monoisotopic (exact) mass is 255 g/mol. The number of nitrogens with one attached hydrogen (secondary N) is 1. The molecule has 1 N–H and O–H groups in total. The number of benzene rings is 2. The van der Waals surface area contributed by atoms with E-state index in [4.69, 9.17) is 4.74 Å². The first kappa shape index (κ1) is 12.6. The fourth-order valence-electron chi connectivity index (χ4n) is 3.14. The van der Waals surface area contributed by atoms with Gasteiger partial charge in [0.2, 0.25) is 0 Å². The van der Waals surface area contributed by atoms with Crippen LogP contribution < -0.4 is 5.32 Å². The van der Waals surface area contributed by atoms with Crippen molar-refractivity contribution in [1.82, 2.24) is 5.32 Å². The van der Waals surface area contributed by atoms with Gasteiger partial charge in [-0.05, 0) is 43.1 Å². The van der Waals surface area contributed by atoms with Crippen LogP contribution in [0.4, 0.5) is 0 Å². The molecule has 2 aromatic rings. The Balaban J connectivity index is 2.01. The second kappa shape index (κ2) is 5.32. The zero-order chi connectivity index (χ0) is 13.2. The molecule has 1 aliphatic heterocycles. The zero-order valence-corrected chi connectivity index (χ0v) is 11.6. The summed E-state index contributed by atoms with van der Waals surface area (Å²) in [6, 6.07) is 15.4.